The zero-order chi connectivity index (χ0) is 15.6. The van der Waals surface area contributed by atoms with E-state index >= 15 is 0 Å². The van der Waals surface area contributed by atoms with Crippen molar-refractivity contribution in [2.24, 2.45) is 11.8 Å². The van der Waals surface area contributed by atoms with Gasteiger partial charge in [0, 0.05) is 19.3 Å². The molecular weight excluding hydrogens is 266 g/mol. The Morgan fingerprint density at radius 1 is 0.850 bits per heavy atom. The molecule has 20 heavy (non-hydrogen) atoms. The molecule has 0 unspecified atom stereocenters. The van der Waals surface area contributed by atoms with Crippen molar-refractivity contribution in [3.8, 4) is 0 Å². The van der Waals surface area contributed by atoms with Crippen LogP contribution in [0.2, 0.25) is 6.04 Å². The van der Waals surface area contributed by atoms with Gasteiger partial charge in [0.25, 0.3) is 0 Å². The van der Waals surface area contributed by atoms with Gasteiger partial charge in [-0.15, -0.1) is 0 Å². The van der Waals surface area contributed by atoms with Crippen LogP contribution >= 0.6 is 0 Å². The lowest BCUT2D eigenvalue weighted by molar-refractivity contribution is 0.108. The molecule has 4 heteroatoms. The van der Waals surface area contributed by atoms with E-state index in [1.165, 1.54) is 12.8 Å². The average molecular weight is 304 g/mol. The SMILES string of the molecule is CCCC[Si](OCC)(OCC)N(CC(C)C)CC(C)C. The van der Waals surface area contributed by atoms with Crippen LogP contribution in [0.1, 0.15) is 61.3 Å². The molecule has 0 radical (unpaired) electrons. The molecule has 122 valence electrons. The molecule has 0 saturated carbocycles. The van der Waals surface area contributed by atoms with Gasteiger partial charge >= 0.3 is 8.72 Å². The molecule has 0 aromatic rings. The fraction of sp³-hybridized carbons (Fsp3) is 1.00. The molecule has 0 aromatic carbocycles. The molecule has 0 aliphatic carbocycles. The highest BCUT2D eigenvalue weighted by Crippen LogP contribution is 2.24. The Labute approximate surface area is 128 Å². The van der Waals surface area contributed by atoms with Crippen molar-refractivity contribution in [3.05, 3.63) is 0 Å². The normalized spacial score (nSPS) is 12.9. The van der Waals surface area contributed by atoms with Gasteiger partial charge in [-0.05, 0) is 38.8 Å². The van der Waals surface area contributed by atoms with Gasteiger partial charge in [0.05, 0.1) is 0 Å². The van der Waals surface area contributed by atoms with Gasteiger partial charge in [0.15, 0.2) is 0 Å². The second kappa shape index (κ2) is 10.8. The Morgan fingerprint density at radius 2 is 1.30 bits per heavy atom. The van der Waals surface area contributed by atoms with Crippen LogP contribution < -0.4 is 0 Å². The molecular formula is C16H37NO2Si. The van der Waals surface area contributed by atoms with Gasteiger partial charge in [-0.25, -0.2) is 0 Å². The molecule has 0 spiro atoms. The minimum absolute atomic E-state index is 0.642. The molecule has 0 heterocycles. The fourth-order valence-electron chi connectivity index (χ4n) is 2.61. The second-order valence-electron chi connectivity index (χ2n) is 6.37. The summed E-state index contributed by atoms with van der Waals surface area (Å²) < 4.78 is 15.1. The molecule has 0 aliphatic rings. The number of rotatable bonds is 12. The van der Waals surface area contributed by atoms with Crippen LogP contribution in [0, 0.1) is 11.8 Å². The summed E-state index contributed by atoms with van der Waals surface area (Å²) in [5.41, 5.74) is 0. The molecule has 0 amide bonds. The lowest BCUT2D eigenvalue weighted by Gasteiger charge is -2.41. The predicted octanol–water partition coefficient (Wildman–Crippen LogP) is 4.41. The number of hydrogen-bond donors (Lipinski definition) is 0. The number of nitrogens with zero attached hydrogens (tertiary/aromatic N) is 1. The van der Waals surface area contributed by atoms with Crippen LogP contribution in [0.3, 0.4) is 0 Å². The summed E-state index contributed by atoms with van der Waals surface area (Å²) in [6, 6.07) is 1.09. The monoisotopic (exact) mass is 303 g/mol. The highest BCUT2D eigenvalue weighted by atomic mass is 28.4. The van der Waals surface area contributed by atoms with Crippen LogP contribution in [0.4, 0.5) is 0 Å². The maximum absolute atomic E-state index is 6.28. The van der Waals surface area contributed by atoms with Crippen LogP contribution in [0.5, 0.6) is 0 Å². The van der Waals surface area contributed by atoms with E-state index < -0.39 is 8.72 Å². The summed E-state index contributed by atoms with van der Waals surface area (Å²) in [7, 11) is -2.24. The third-order valence-electron chi connectivity index (χ3n) is 3.24. The van der Waals surface area contributed by atoms with E-state index in [-0.39, 0.29) is 0 Å². The van der Waals surface area contributed by atoms with Crippen molar-refractivity contribution in [3.63, 3.8) is 0 Å². The van der Waals surface area contributed by atoms with Crippen molar-refractivity contribution in [2.45, 2.75) is 67.4 Å². The first-order chi connectivity index (χ1) is 9.41. The van der Waals surface area contributed by atoms with Gasteiger partial charge in [-0.1, -0.05) is 47.5 Å². The minimum Gasteiger partial charge on any atom is -0.383 e. The van der Waals surface area contributed by atoms with Crippen LogP contribution in [0.25, 0.3) is 0 Å². The lowest BCUT2D eigenvalue weighted by atomic mass is 10.2. The molecule has 0 N–H and O–H groups in total. The van der Waals surface area contributed by atoms with Crippen LogP contribution in [-0.4, -0.2) is 39.6 Å². The molecule has 0 aromatic heterocycles. The molecule has 3 nitrogen and oxygen atoms in total. The molecule has 0 saturated heterocycles. The fourth-order valence-corrected chi connectivity index (χ4v) is 6.65. The van der Waals surface area contributed by atoms with Crippen LogP contribution in [-0.2, 0) is 8.85 Å². The van der Waals surface area contributed by atoms with Gasteiger partial charge in [0.1, 0.15) is 0 Å². The largest absolute Gasteiger partial charge is 0.427 e. The predicted molar refractivity (Wildman–Crippen MR) is 90.0 cm³/mol. The Balaban J connectivity index is 5.19. The van der Waals surface area contributed by atoms with E-state index in [0.717, 1.165) is 32.3 Å². The Bertz CT molecular complexity index is 219. The van der Waals surface area contributed by atoms with E-state index in [0.29, 0.717) is 11.8 Å². The van der Waals surface area contributed by atoms with Gasteiger partial charge in [-0.2, -0.15) is 0 Å². The van der Waals surface area contributed by atoms with Crippen molar-refractivity contribution in [1.29, 1.82) is 0 Å². The summed E-state index contributed by atoms with van der Waals surface area (Å²) in [6.07, 6.45) is 2.39. The summed E-state index contributed by atoms with van der Waals surface area (Å²) >= 11 is 0. The molecule has 0 atom stereocenters. The van der Waals surface area contributed by atoms with E-state index in [1.807, 2.05) is 0 Å². The maximum Gasteiger partial charge on any atom is 0.427 e. The highest BCUT2D eigenvalue weighted by molar-refractivity contribution is 6.64. The van der Waals surface area contributed by atoms with Crippen LogP contribution in [0.15, 0.2) is 0 Å². The van der Waals surface area contributed by atoms with Gasteiger partial charge in [0.2, 0.25) is 0 Å². The van der Waals surface area contributed by atoms with E-state index in [1.54, 1.807) is 0 Å². The summed E-state index contributed by atoms with van der Waals surface area (Å²) in [5.74, 6) is 1.28. The summed E-state index contributed by atoms with van der Waals surface area (Å²) in [6.45, 7) is 19.2. The first-order valence-electron chi connectivity index (χ1n) is 8.44. The van der Waals surface area contributed by atoms with E-state index in [4.69, 9.17) is 8.85 Å². The van der Waals surface area contributed by atoms with Crippen molar-refractivity contribution < 1.29 is 8.85 Å². The number of unbranched alkanes of at least 4 members (excludes halogenated alkanes) is 1. The third-order valence-corrected chi connectivity index (χ3v) is 7.03. The topological polar surface area (TPSA) is 21.7 Å². The standard InChI is InChI=1S/C16H37NO2Si/c1-8-11-12-20(18-9-2,19-10-3)17(13-15(4)5)14-16(6)7/h15-16H,8-14H2,1-7H3. The minimum atomic E-state index is -2.24. The molecule has 0 bridgehead atoms. The molecule has 0 aliphatic heterocycles. The Kier molecular flexibility index (Phi) is 10.8. The summed E-state index contributed by atoms with van der Waals surface area (Å²) in [5, 5.41) is 0. The van der Waals surface area contributed by atoms with E-state index in [9.17, 15) is 0 Å². The van der Waals surface area contributed by atoms with Gasteiger partial charge in [-0.3, -0.25) is 4.57 Å². The lowest BCUT2D eigenvalue weighted by Crippen LogP contribution is -2.60. The molecule has 0 rings (SSSR count). The van der Waals surface area contributed by atoms with E-state index in [2.05, 4.69) is 53.0 Å². The van der Waals surface area contributed by atoms with Crippen molar-refractivity contribution >= 4 is 8.72 Å². The highest BCUT2D eigenvalue weighted by Gasteiger charge is 2.44. The maximum atomic E-state index is 6.28. The first-order valence-corrected chi connectivity index (χ1v) is 10.4. The van der Waals surface area contributed by atoms with Gasteiger partial charge < -0.3 is 8.85 Å². The first kappa shape index (κ1) is 20.1. The average Bonchev–Trinajstić information content (AvgIpc) is 2.34. The molecule has 0 fully saturated rings. The Hall–Kier alpha value is 0.0969. The third kappa shape index (κ3) is 7.20. The zero-order valence-electron chi connectivity index (χ0n) is 14.9. The second-order valence-corrected chi connectivity index (χ2v) is 9.51. The summed E-state index contributed by atoms with van der Waals surface area (Å²) in [4.78, 5) is 0. The smallest absolute Gasteiger partial charge is 0.383 e. The number of hydrogen-bond acceptors (Lipinski definition) is 3. The quantitative estimate of drug-likeness (QED) is 0.498. The van der Waals surface area contributed by atoms with Crippen molar-refractivity contribution in [1.82, 2.24) is 4.57 Å². The zero-order valence-corrected chi connectivity index (χ0v) is 15.9. The van der Waals surface area contributed by atoms with Crippen molar-refractivity contribution in [2.75, 3.05) is 26.3 Å². The Morgan fingerprint density at radius 3 is 1.60 bits per heavy atom.